The number of amides is 1. The van der Waals surface area contributed by atoms with Gasteiger partial charge in [-0.2, -0.15) is 0 Å². The van der Waals surface area contributed by atoms with Gasteiger partial charge in [-0.1, -0.05) is 13.3 Å². The first kappa shape index (κ1) is 15.7. The Labute approximate surface area is 122 Å². The maximum absolute atomic E-state index is 12.1. The van der Waals surface area contributed by atoms with Gasteiger partial charge in [-0.15, -0.1) is 0 Å². The second kappa shape index (κ2) is 7.96. The Morgan fingerprint density at radius 2 is 2.05 bits per heavy atom. The van der Waals surface area contributed by atoms with Crippen molar-refractivity contribution in [2.24, 2.45) is 5.92 Å². The van der Waals surface area contributed by atoms with Gasteiger partial charge in [0.2, 0.25) is 5.91 Å². The summed E-state index contributed by atoms with van der Waals surface area (Å²) in [5.74, 6) is 0.833. The summed E-state index contributed by atoms with van der Waals surface area (Å²) in [6.07, 6.45) is 4.21. The first-order chi connectivity index (χ1) is 9.72. The predicted octanol–water partition coefficient (Wildman–Crippen LogP) is 0.602. The normalized spacial score (nSPS) is 29.3. The molecule has 5 nitrogen and oxygen atoms in total. The molecule has 2 saturated heterocycles. The lowest BCUT2D eigenvalue weighted by atomic mass is 9.90. The van der Waals surface area contributed by atoms with Crippen LogP contribution < -0.4 is 10.6 Å². The summed E-state index contributed by atoms with van der Waals surface area (Å²) in [6, 6.07) is 0.919. The Morgan fingerprint density at radius 1 is 1.30 bits per heavy atom. The van der Waals surface area contributed by atoms with Crippen molar-refractivity contribution in [3.63, 3.8) is 0 Å². The van der Waals surface area contributed by atoms with Crippen LogP contribution in [0.4, 0.5) is 0 Å². The molecule has 0 spiro atoms. The van der Waals surface area contributed by atoms with Gasteiger partial charge in [0.05, 0.1) is 6.54 Å². The molecule has 2 aliphatic heterocycles. The molecular formula is C15H29N3O2. The summed E-state index contributed by atoms with van der Waals surface area (Å²) in [4.78, 5) is 14.4. The number of rotatable bonds is 5. The fraction of sp³-hybridized carbons (Fsp3) is 0.933. The second-order valence-electron chi connectivity index (χ2n) is 6.04. The summed E-state index contributed by atoms with van der Waals surface area (Å²) in [5.41, 5.74) is 0. The van der Waals surface area contributed by atoms with E-state index in [1.54, 1.807) is 0 Å². The lowest BCUT2D eigenvalue weighted by Gasteiger charge is -2.38. The largest absolute Gasteiger partial charge is 0.381 e. The highest BCUT2D eigenvalue weighted by molar-refractivity contribution is 5.78. The number of piperidine rings is 1. The third-order valence-electron chi connectivity index (χ3n) is 4.67. The molecule has 0 bridgehead atoms. The van der Waals surface area contributed by atoms with E-state index in [9.17, 15) is 4.79 Å². The van der Waals surface area contributed by atoms with Crippen molar-refractivity contribution in [1.29, 1.82) is 0 Å². The van der Waals surface area contributed by atoms with Crippen LogP contribution >= 0.6 is 0 Å². The molecule has 2 atom stereocenters. The molecule has 2 N–H and O–H groups in total. The van der Waals surface area contributed by atoms with Crippen LogP contribution in [-0.4, -0.2) is 62.8 Å². The molecule has 20 heavy (non-hydrogen) atoms. The molecule has 0 aromatic rings. The van der Waals surface area contributed by atoms with Crippen LogP contribution in [0.25, 0.3) is 0 Å². The molecule has 2 rings (SSSR count). The van der Waals surface area contributed by atoms with Gasteiger partial charge in [-0.05, 0) is 32.2 Å². The maximum atomic E-state index is 12.1. The van der Waals surface area contributed by atoms with E-state index in [2.05, 4.69) is 22.5 Å². The van der Waals surface area contributed by atoms with Crippen LogP contribution in [-0.2, 0) is 9.53 Å². The second-order valence-corrected chi connectivity index (χ2v) is 6.04. The number of ether oxygens (including phenoxy) is 1. The van der Waals surface area contributed by atoms with Crippen molar-refractivity contribution in [3.05, 3.63) is 0 Å². The van der Waals surface area contributed by atoms with Crippen molar-refractivity contribution >= 4 is 5.91 Å². The monoisotopic (exact) mass is 283 g/mol. The first-order valence-corrected chi connectivity index (χ1v) is 7.99. The van der Waals surface area contributed by atoms with Gasteiger partial charge in [0.15, 0.2) is 0 Å². The van der Waals surface area contributed by atoms with E-state index in [4.69, 9.17) is 4.74 Å². The maximum Gasteiger partial charge on any atom is 0.234 e. The van der Waals surface area contributed by atoms with E-state index in [0.29, 0.717) is 24.5 Å². The molecule has 2 aliphatic rings. The molecule has 116 valence electrons. The van der Waals surface area contributed by atoms with Crippen molar-refractivity contribution in [1.82, 2.24) is 15.5 Å². The minimum atomic E-state index is 0.176. The SMILES string of the molecule is CCC1CN(CC(=O)NC2CCOCC2)CCC1NC. The first-order valence-electron chi connectivity index (χ1n) is 7.99. The topological polar surface area (TPSA) is 53.6 Å². The fourth-order valence-corrected chi connectivity index (χ4v) is 3.36. The van der Waals surface area contributed by atoms with Gasteiger partial charge in [0.1, 0.15) is 0 Å². The van der Waals surface area contributed by atoms with E-state index in [0.717, 1.165) is 45.6 Å². The molecular weight excluding hydrogens is 254 g/mol. The standard InChI is InChI=1S/C15H29N3O2/c1-3-12-10-18(7-4-14(12)16-2)11-15(19)17-13-5-8-20-9-6-13/h12-14,16H,3-11H2,1-2H3,(H,17,19). The van der Waals surface area contributed by atoms with E-state index < -0.39 is 0 Å². The van der Waals surface area contributed by atoms with Crippen LogP contribution in [0.2, 0.25) is 0 Å². The van der Waals surface area contributed by atoms with Gasteiger partial charge in [-0.3, -0.25) is 9.69 Å². The smallest absolute Gasteiger partial charge is 0.234 e. The van der Waals surface area contributed by atoms with E-state index >= 15 is 0 Å². The van der Waals surface area contributed by atoms with Gasteiger partial charge >= 0.3 is 0 Å². The molecule has 0 aromatic carbocycles. The lowest BCUT2D eigenvalue weighted by molar-refractivity contribution is -0.124. The summed E-state index contributed by atoms with van der Waals surface area (Å²) in [7, 11) is 2.04. The zero-order valence-electron chi connectivity index (χ0n) is 12.9. The predicted molar refractivity (Wildman–Crippen MR) is 79.7 cm³/mol. The summed E-state index contributed by atoms with van der Waals surface area (Å²) in [5, 5.41) is 6.55. The van der Waals surface area contributed by atoms with Gasteiger partial charge < -0.3 is 15.4 Å². The average Bonchev–Trinajstić information content (AvgIpc) is 2.48. The number of carbonyl (C=O) groups excluding carboxylic acids is 1. The minimum absolute atomic E-state index is 0.176. The molecule has 0 radical (unpaired) electrons. The highest BCUT2D eigenvalue weighted by Crippen LogP contribution is 2.19. The number of hydrogen-bond acceptors (Lipinski definition) is 4. The van der Waals surface area contributed by atoms with Crippen molar-refractivity contribution < 1.29 is 9.53 Å². The Morgan fingerprint density at radius 3 is 2.70 bits per heavy atom. The summed E-state index contributed by atoms with van der Waals surface area (Å²) >= 11 is 0. The molecule has 0 saturated carbocycles. The number of hydrogen-bond donors (Lipinski definition) is 2. The number of nitrogens with zero attached hydrogens (tertiary/aromatic N) is 1. The molecule has 5 heteroatoms. The third-order valence-corrected chi connectivity index (χ3v) is 4.67. The number of likely N-dealkylation sites (tertiary alicyclic amines) is 1. The van der Waals surface area contributed by atoms with Crippen LogP contribution in [0.15, 0.2) is 0 Å². The Balaban J connectivity index is 1.73. The van der Waals surface area contributed by atoms with Crippen molar-refractivity contribution in [2.75, 3.05) is 39.9 Å². The van der Waals surface area contributed by atoms with E-state index in [1.807, 2.05) is 7.05 Å². The van der Waals surface area contributed by atoms with Crippen LogP contribution in [0.3, 0.4) is 0 Å². The molecule has 0 aliphatic carbocycles. The van der Waals surface area contributed by atoms with E-state index in [1.165, 1.54) is 6.42 Å². The molecule has 2 heterocycles. The molecule has 2 fully saturated rings. The lowest BCUT2D eigenvalue weighted by Crippen LogP contribution is -2.51. The van der Waals surface area contributed by atoms with Gasteiger partial charge in [0, 0.05) is 38.4 Å². The van der Waals surface area contributed by atoms with Gasteiger partial charge in [0.25, 0.3) is 0 Å². The van der Waals surface area contributed by atoms with E-state index in [-0.39, 0.29) is 5.91 Å². The van der Waals surface area contributed by atoms with Crippen molar-refractivity contribution in [3.8, 4) is 0 Å². The van der Waals surface area contributed by atoms with Crippen LogP contribution in [0.1, 0.15) is 32.6 Å². The average molecular weight is 283 g/mol. The zero-order chi connectivity index (χ0) is 14.4. The van der Waals surface area contributed by atoms with Crippen LogP contribution in [0.5, 0.6) is 0 Å². The Bertz CT molecular complexity index is 305. The highest BCUT2D eigenvalue weighted by atomic mass is 16.5. The Kier molecular flexibility index (Phi) is 6.26. The fourth-order valence-electron chi connectivity index (χ4n) is 3.36. The number of carbonyl (C=O) groups is 1. The number of nitrogens with one attached hydrogen (secondary N) is 2. The highest BCUT2D eigenvalue weighted by Gasteiger charge is 2.28. The van der Waals surface area contributed by atoms with Gasteiger partial charge in [-0.25, -0.2) is 0 Å². The Hall–Kier alpha value is -0.650. The zero-order valence-corrected chi connectivity index (χ0v) is 12.9. The summed E-state index contributed by atoms with van der Waals surface area (Å²) in [6.45, 7) is 6.38. The molecule has 0 aromatic heterocycles. The third kappa shape index (κ3) is 4.43. The quantitative estimate of drug-likeness (QED) is 0.776. The van der Waals surface area contributed by atoms with Crippen LogP contribution in [0, 0.1) is 5.92 Å². The molecule has 1 amide bonds. The minimum Gasteiger partial charge on any atom is -0.381 e. The summed E-state index contributed by atoms with van der Waals surface area (Å²) < 4.78 is 5.32. The molecule has 2 unspecified atom stereocenters. The van der Waals surface area contributed by atoms with Crippen molar-refractivity contribution in [2.45, 2.75) is 44.7 Å².